The van der Waals surface area contributed by atoms with Crippen LogP contribution >= 0.6 is 0 Å². The molecule has 0 aliphatic carbocycles. The molecule has 0 radical (unpaired) electrons. The first-order valence-electron chi connectivity index (χ1n) is 8.63. The van der Waals surface area contributed by atoms with Crippen LogP contribution in [-0.4, -0.2) is 48.2 Å². The highest BCUT2D eigenvalue weighted by Crippen LogP contribution is 2.31. The summed E-state index contributed by atoms with van der Waals surface area (Å²) in [7, 11) is 2.97. The minimum atomic E-state index is -0.649. The normalized spacial score (nSPS) is 21.3. The number of rotatable bonds is 8. The van der Waals surface area contributed by atoms with Crippen molar-refractivity contribution < 1.29 is 24.2 Å². The lowest BCUT2D eigenvalue weighted by atomic mass is 9.94. The zero-order chi connectivity index (χ0) is 18.4. The average Bonchev–Trinajstić information content (AvgIpc) is 2.88. The van der Waals surface area contributed by atoms with E-state index in [0.29, 0.717) is 25.8 Å². The topological polar surface area (TPSA) is 76.1 Å². The van der Waals surface area contributed by atoms with Gasteiger partial charge in [-0.25, -0.2) is 0 Å². The van der Waals surface area contributed by atoms with Crippen molar-refractivity contribution >= 4 is 11.9 Å². The fourth-order valence-electron chi connectivity index (χ4n) is 3.42. The van der Waals surface area contributed by atoms with Gasteiger partial charge in [-0.05, 0) is 36.5 Å². The number of nitrogens with zero attached hydrogens (tertiary/aromatic N) is 1. The molecule has 0 spiro atoms. The summed E-state index contributed by atoms with van der Waals surface area (Å²) in [6.45, 7) is 2.45. The molecule has 0 bridgehead atoms. The number of aliphatic hydroxyl groups is 1. The predicted octanol–water partition coefficient (Wildman–Crippen LogP) is 2.14. The molecule has 1 unspecified atom stereocenters. The average molecular weight is 349 g/mol. The Kier molecular flexibility index (Phi) is 6.82. The van der Waals surface area contributed by atoms with Crippen LogP contribution in [0.2, 0.25) is 0 Å². The predicted molar refractivity (Wildman–Crippen MR) is 93.0 cm³/mol. The molecule has 1 aromatic carbocycles. The van der Waals surface area contributed by atoms with E-state index in [-0.39, 0.29) is 30.3 Å². The smallest absolute Gasteiger partial charge is 0.305 e. The molecule has 138 valence electrons. The Morgan fingerprint density at radius 3 is 2.60 bits per heavy atom. The first-order chi connectivity index (χ1) is 12.0. The number of esters is 1. The van der Waals surface area contributed by atoms with Crippen LogP contribution in [0.25, 0.3) is 0 Å². The van der Waals surface area contributed by atoms with Gasteiger partial charge in [-0.3, -0.25) is 9.59 Å². The van der Waals surface area contributed by atoms with Crippen LogP contribution in [0.3, 0.4) is 0 Å². The van der Waals surface area contributed by atoms with Crippen LogP contribution < -0.4 is 4.74 Å². The number of ether oxygens (including phenoxy) is 2. The summed E-state index contributed by atoms with van der Waals surface area (Å²) in [6.07, 6.45) is 1.08. The molecule has 6 heteroatoms. The number of methoxy groups -OCH3 is 2. The number of amides is 1. The second-order valence-electron chi connectivity index (χ2n) is 6.58. The molecular weight excluding hydrogens is 322 g/mol. The third kappa shape index (κ3) is 4.95. The van der Waals surface area contributed by atoms with Crippen molar-refractivity contribution in [2.45, 2.75) is 51.3 Å². The van der Waals surface area contributed by atoms with Crippen LogP contribution in [0.1, 0.15) is 38.2 Å². The highest BCUT2D eigenvalue weighted by Gasteiger charge is 2.40. The molecule has 2 rings (SSSR count). The first kappa shape index (κ1) is 19.2. The molecular formula is C19H27NO5. The van der Waals surface area contributed by atoms with E-state index < -0.39 is 6.10 Å². The third-order valence-corrected chi connectivity index (χ3v) is 4.77. The van der Waals surface area contributed by atoms with Gasteiger partial charge in [-0.15, -0.1) is 0 Å². The van der Waals surface area contributed by atoms with E-state index in [9.17, 15) is 14.7 Å². The van der Waals surface area contributed by atoms with Crippen molar-refractivity contribution in [2.75, 3.05) is 14.2 Å². The van der Waals surface area contributed by atoms with E-state index in [4.69, 9.17) is 4.74 Å². The third-order valence-electron chi connectivity index (χ3n) is 4.77. The summed E-state index contributed by atoms with van der Waals surface area (Å²) in [5.74, 6) is 0.626. The molecule has 1 fully saturated rings. The molecule has 1 aliphatic rings. The summed E-state index contributed by atoms with van der Waals surface area (Å²) in [5, 5.41) is 10.6. The molecule has 0 aromatic heterocycles. The SMILES string of the molecule is COC(=O)CCCC(O)[C@@H]1[C@H](C)CC(=O)N1Cc1ccc(OC)cc1. The van der Waals surface area contributed by atoms with Gasteiger partial charge in [0.15, 0.2) is 0 Å². The van der Waals surface area contributed by atoms with Gasteiger partial charge in [0.2, 0.25) is 5.91 Å². The van der Waals surface area contributed by atoms with Gasteiger partial charge in [0.25, 0.3) is 0 Å². The second kappa shape index (κ2) is 8.85. The summed E-state index contributed by atoms with van der Waals surface area (Å²) in [5.41, 5.74) is 0.995. The van der Waals surface area contributed by atoms with Crippen molar-refractivity contribution in [2.24, 2.45) is 5.92 Å². The zero-order valence-electron chi connectivity index (χ0n) is 15.1. The summed E-state index contributed by atoms with van der Waals surface area (Å²) >= 11 is 0. The van der Waals surface area contributed by atoms with Crippen molar-refractivity contribution in [3.63, 3.8) is 0 Å². The molecule has 25 heavy (non-hydrogen) atoms. The van der Waals surface area contributed by atoms with E-state index in [1.54, 1.807) is 12.0 Å². The maximum Gasteiger partial charge on any atom is 0.305 e. The fraction of sp³-hybridized carbons (Fsp3) is 0.579. The largest absolute Gasteiger partial charge is 0.497 e. The minimum absolute atomic E-state index is 0.0559. The number of aliphatic hydroxyl groups excluding tert-OH is 1. The summed E-state index contributed by atoms with van der Waals surface area (Å²) in [6, 6.07) is 7.35. The molecule has 3 atom stereocenters. The van der Waals surface area contributed by atoms with Crippen LogP contribution in [0.5, 0.6) is 5.75 Å². The van der Waals surface area contributed by atoms with Gasteiger partial charge < -0.3 is 19.5 Å². The lowest BCUT2D eigenvalue weighted by molar-refractivity contribution is -0.141. The Balaban J connectivity index is 2.00. The Morgan fingerprint density at radius 1 is 1.32 bits per heavy atom. The number of hydrogen-bond donors (Lipinski definition) is 1. The monoisotopic (exact) mass is 349 g/mol. The van der Waals surface area contributed by atoms with Gasteiger partial charge in [0, 0.05) is 19.4 Å². The molecule has 6 nitrogen and oxygen atoms in total. The Hall–Kier alpha value is -2.08. The Morgan fingerprint density at radius 2 is 2.00 bits per heavy atom. The van der Waals surface area contributed by atoms with Crippen molar-refractivity contribution in [3.05, 3.63) is 29.8 Å². The van der Waals surface area contributed by atoms with Crippen LogP contribution in [-0.2, 0) is 20.9 Å². The van der Waals surface area contributed by atoms with E-state index in [0.717, 1.165) is 11.3 Å². The number of carbonyl (C=O) groups excluding carboxylic acids is 2. The molecule has 1 amide bonds. The fourth-order valence-corrected chi connectivity index (χ4v) is 3.42. The minimum Gasteiger partial charge on any atom is -0.497 e. The van der Waals surface area contributed by atoms with Gasteiger partial charge in [0.05, 0.1) is 26.4 Å². The zero-order valence-corrected chi connectivity index (χ0v) is 15.1. The van der Waals surface area contributed by atoms with Crippen LogP contribution in [0.15, 0.2) is 24.3 Å². The number of hydrogen-bond acceptors (Lipinski definition) is 5. The highest BCUT2D eigenvalue weighted by atomic mass is 16.5. The molecule has 1 aromatic rings. The molecule has 0 saturated carbocycles. The number of benzene rings is 1. The number of carbonyl (C=O) groups is 2. The quantitative estimate of drug-likeness (QED) is 0.728. The summed E-state index contributed by atoms with van der Waals surface area (Å²) in [4.78, 5) is 25.3. The van der Waals surface area contributed by atoms with Gasteiger partial charge in [-0.2, -0.15) is 0 Å². The Labute approximate surface area is 148 Å². The standard InChI is InChI=1S/C19H27NO5/c1-13-11-17(22)20(12-14-7-9-15(24-2)10-8-14)19(13)16(21)5-4-6-18(23)25-3/h7-10,13,16,19,21H,4-6,11-12H2,1-3H3/t13-,16?,19+/m1/s1. The molecule has 1 aliphatic heterocycles. The number of likely N-dealkylation sites (tertiary alicyclic amines) is 1. The van der Waals surface area contributed by atoms with Crippen LogP contribution in [0, 0.1) is 5.92 Å². The first-order valence-corrected chi connectivity index (χ1v) is 8.63. The molecule has 1 N–H and O–H groups in total. The van der Waals surface area contributed by atoms with E-state index >= 15 is 0 Å². The van der Waals surface area contributed by atoms with Crippen molar-refractivity contribution in [1.29, 1.82) is 0 Å². The molecule has 1 heterocycles. The van der Waals surface area contributed by atoms with Gasteiger partial charge >= 0.3 is 5.97 Å². The van der Waals surface area contributed by atoms with Crippen LogP contribution in [0.4, 0.5) is 0 Å². The van der Waals surface area contributed by atoms with E-state index in [1.165, 1.54) is 7.11 Å². The second-order valence-corrected chi connectivity index (χ2v) is 6.58. The van der Waals surface area contributed by atoms with Crippen molar-refractivity contribution in [3.8, 4) is 5.75 Å². The Bertz CT molecular complexity index is 586. The maximum absolute atomic E-state index is 12.4. The maximum atomic E-state index is 12.4. The van der Waals surface area contributed by atoms with Crippen molar-refractivity contribution in [1.82, 2.24) is 4.90 Å². The van der Waals surface area contributed by atoms with E-state index in [2.05, 4.69) is 4.74 Å². The summed E-state index contributed by atoms with van der Waals surface area (Å²) < 4.78 is 9.77. The van der Waals surface area contributed by atoms with Gasteiger partial charge in [-0.1, -0.05) is 19.1 Å². The highest BCUT2D eigenvalue weighted by molar-refractivity contribution is 5.79. The van der Waals surface area contributed by atoms with Gasteiger partial charge in [0.1, 0.15) is 5.75 Å². The lowest BCUT2D eigenvalue weighted by Gasteiger charge is -2.31. The van der Waals surface area contributed by atoms with E-state index in [1.807, 2.05) is 31.2 Å². The lowest BCUT2D eigenvalue weighted by Crippen LogP contribution is -2.43. The molecule has 1 saturated heterocycles.